The SMILES string of the molecule is CC(=O)O[C@@H]1CCC[C@H]1N1CNc2cc(C(F)(F)F)ccc21. The summed E-state index contributed by atoms with van der Waals surface area (Å²) in [5, 5.41) is 3.00. The zero-order chi connectivity index (χ0) is 15.9. The van der Waals surface area contributed by atoms with Gasteiger partial charge in [-0.2, -0.15) is 13.2 Å². The van der Waals surface area contributed by atoms with Crippen LogP contribution in [0.4, 0.5) is 24.5 Å². The molecule has 1 aromatic rings. The number of halogens is 3. The molecule has 2 atom stereocenters. The maximum absolute atomic E-state index is 12.8. The number of hydrogen-bond donors (Lipinski definition) is 1. The van der Waals surface area contributed by atoms with Crippen molar-refractivity contribution in [1.29, 1.82) is 0 Å². The molecular formula is C15H17F3N2O2. The van der Waals surface area contributed by atoms with E-state index in [-0.39, 0.29) is 18.1 Å². The summed E-state index contributed by atoms with van der Waals surface area (Å²) in [7, 11) is 0. The van der Waals surface area contributed by atoms with Crippen molar-refractivity contribution in [3.63, 3.8) is 0 Å². The molecule has 4 nitrogen and oxygen atoms in total. The second kappa shape index (κ2) is 5.37. The van der Waals surface area contributed by atoms with Crippen LogP contribution in [-0.4, -0.2) is 24.8 Å². The number of fused-ring (bicyclic) bond motifs is 1. The number of ether oxygens (including phenoxy) is 1. The van der Waals surface area contributed by atoms with Gasteiger partial charge in [0.25, 0.3) is 0 Å². The van der Waals surface area contributed by atoms with Gasteiger partial charge in [-0.3, -0.25) is 4.79 Å². The molecule has 0 aromatic heterocycles. The van der Waals surface area contributed by atoms with Gasteiger partial charge in [0.05, 0.1) is 29.6 Å². The van der Waals surface area contributed by atoms with Gasteiger partial charge in [0, 0.05) is 6.92 Å². The summed E-state index contributed by atoms with van der Waals surface area (Å²) in [6, 6.07) is 3.72. The van der Waals surface area contributed by atoms with Crippen molar-refractivity contribution in [2.24, 2.45) is 0 Å². The van der Waals surface area contributed by atoms with Crippen molar-refractivity contribution in [2.45, 2.75) is 44.5 Å². The van der Waals surface area contributed by atoms with Crippen LogP contribution in [0.5, 0.6) is 0 Å². The van der Waals surface area contributed by atoms with E-state index < -0.39 is 11.7 Å². The van der Waals surface area contributed by atoms with Crippen LogP contribution in [0.15, 0.2) is 18.2 Å². The van der Waals surface area contributed by atoms with Crippen molar-refractivity contribution < 1.29 is 22.7 Å². The Hall–Kier alpha value is -1.92. The number of benzene rings is 1. The molecule has 2 aliphatic rings. The predicted molar refractivity (Wildman–Crippen MR) is 75.6 cm³/mol. The molecule has 22 heavy (non-hydrogen) atoms. The summed E-state index contributed by atoms with van der Waals surface area (Å²) in [5.74, 6) is -0.323. The van der Waals surface area contributed by atoms with Crippen LogP contribution < -0.4 is 10.2 Å². The number of esters is 1. The third-order valence-corrected chi connectivity index (χ3v) is 4.21. The van der Waals surface area contributed by atoms with Crippen molar-refractivity contribution >= 4 is 17.3 Å². The lowest BCUT2D eigenvalue weighted by Crippen LogP contribution is -2.42. The van der Waals surface area contributed by atoms with E-state index in [4.69, 9.17) is 4.74 Å². The molecule has 0 saturated heterocycles. The third-order valence-electron chi connectivity index (χ3n) is 4.21. The predicted octanol–water partition coefficient (Wildman–Crippen LogP) is 3.38. The minimum Gasteiger partial charge on any atom is -0.460 e. The minimum absolute atomic E-state index is 0.00869. The normalized spacial score (nSPS) is 24.1. The first-order valence-electron chi connectivity index (χ1n) is 7.25. The van der Waals surface area contributed by atoms with Crippen molar-refractivity contribution in [3.8, 4) is 0 Å². The number of rotatable bonds is 2. The molecule has 0 bridgehead atoms. The summed E-state index contributed by atoms with van der Waals surface area (Å²) in [5.41, 5.74) is 0.545. The van der Waals surface area contributed by atoms with Crippen LogP contribution >= 0.6 is 0 Å². The van der Waals surface area contributed by atoms with Gasteiger partial charge in [-0.25, -0.2) is 0 Å². The maximum Gasteiger partial charge on any atom is 0.416 e. The molecule has 1 aromatic carbocycles. The van der Waals surface area contributed by atoms with Crippen LogP contribution in [0, 0.1) is 0 Å². The second-order valence-electron chi connectivity index (χ2n) is 5.68. The Morgan fingerprint density at radius 1 is 1.36 bits per heavy atom. The maximum atomic E-state index is 12.8. The molecule has 0 spiro atoms. The Morgan fingerprint density at radius 3 is 2.82 bits per heavy atom. The zero-order valence-electron chi connectivity index (χ0n) is 12.1. The Kier molecular flexibility index (Phi) is 3.66. The average molecular weight is 314 g/mol. The van der Waals surface area contributed by atoms with Gasteiger partial charge >= 0.3 is 12.1 Å². The summed E-state index contributed by atoms with van der Waals surface area (Å²) in [6.45, 7) is 1.81. The smallest absolute Gasteiger partial charge is 0.416 e. The topological polar surface area (TPSA) is 41.6 Å². The molecule has 120 valence electrons. The third kappa shape index (κ3) is 2.71. The molecule has 3 rings (SSSR count). The molecule has 0 unspecified atom stereocenters. The van der Waals surface area contributed by atoms with Crippen molar-refractivity contribution in [2.75, 3.05) is 16.9 Å². The fourth-order valence-electron chi connectivity index (χ4n) is 3.27. The van der Waals surface area contributed by atoms with E-state index in [0.717, 1.165) is 37.1 Å². The molecule has 1 heterocycles. The fourth-order valence-corrected chi connectivity index (χ4v) is 3.27. The molecular weight excluding hydrogens is 297 g/mol. The van der Waals surface area contributed by atoms with Crippen LogP contribution in [0.1, 0.15) is 31.7 Å². The Balaban J connectivity index is 1.83. The van der Waals surface area contributed by atoms with Gasteiger partial charge in [0.1, 0.15) is 6.10 Å². The standard InChI is InChI=1S/C15H17F3N2O2/c1-9(21)22-14-4-2-3-13(14)20-8-19-11-7-10(15(16,17)18)5-6-12(11)20/h5-7,13-14,19H,2-4,8H2,1H3/t13-,14-/m1/s1. The van der Waals surface area contributed by atoms with E-state index in [1.165, 1.54) is 13.0 Å². The highest BCUT2D eigenvalue weighted by Crippen LogP contribution is 2.41. The van der Waals surface area contributed by atoms with Crippen LogP contribution in [-0.2, 0) is 15.7 Å². The van der Waals surface area contributed by atoms with Gasteiger partial charge < -0.3 is 15.0 Å². The Labute approximate surface area is 126 Å². The van der Waals surface area contributed by atoms with Crippen LogP contribution in [0.2, 0.25) is 0 Å². The average Bonchev–Trinajstić information content (AvgIpc) is 3.02. The van der Waals surface area contributed by atoms with Gasteiger partial charge in [-0.05, 0) is 37.5 Å². The Bertz CT molecular complexity index is 589. The lowest BCUT2D eigenvalue weighted by molar-refractivity contribution is -0.146. The number of nitrogens with one attached hydrogen (secondary N) is 1. The van der Waals surface area contributed by atoms with E-state index in [0.29, 0.717) is 12.4 Å². The largest absolute Gasteiger partial charge is 0.460 e. The van der Waals surface area contributed by atoms with E-state index in [1.807, 2.05) is 4.90 Å². The fraction of sp³-hybridized carbons (Fsp3) is 0.533. The molecule has 1 saturated carbocycles. The molecule has 1 aliphatic carbocycles. The summed E-state index contributed by atoms with van der Waals surface area (Å²) < 4.78 is 43.6. The van der Waals surface area contributed by atoms with Crippen LogP contribution in [0.25, 0.3) is 0 Å². The lowest BCUT2D eigenvalue weighted by Gasteiger charge is -2.30. The minimum atomic E-state index is -4.35. The van der Waals surface area contributed by atoms with Gasteiger partial charge in [-0.1, -0.05) is 0 Å². The van der Waals surface area contributed by atoms with E-state index >= 15 is 0 Å². The molecule has 1 fully saturated rings. The highest BCUT2D eigenvalue weighted by atomic mass is 19.4. The van der Waals surface area contributed by atoms with E-state index in [1.54, 1.807) is 0 Å². The number of anilines is 2. The van der Waals surface area contributed by atoms with E-state index in [9.17, 15) is 18.0 Å². The summed E-state index contributed by atoms with van der Waals surface area (Å²) in [4.78, 5) is 13.2. The Morgan fingerprint density at radius 2 is 2.14 bits per heavy atom. The van der Waals surface area contributed by atoms with Gasteiger partial charge in [0.2, 0.25) is 0 Å². The van der Waals surface area contributed by atoms with Crippen molar-refractivity contribution in [3.05, 3.63) is 23.8 Å². The number of alkyl halides is 3. The number of nitrogens with zero attached hydrogens (tertiary/aromatic N) is 1. The summed E-state index contributed by atoms with van der Waals surface area (Å²) >= 11 is 0. The first kappa shape index (κ1) is 15.0. The molecule has 0 radical (unpaired) electrons. The highest BCUT2D eigenvalue weighted by molar-refractivity contribution is 5.76. The molecule has 0 amide bonds. The molecule has 1 aliphatic heterocycles. The van der Waals surface area contributed by atoms with Gasteiger partial charge in [0.15, 0.2) is 0 Å². The number of carbonyl (C=O) groups is 1. The summed E-state index contributed by atoms with van der Waals surface area (Å²) in [6.07, 6.45) is -1.96. The number of hydrogen-bond acceptors (Lipinski definition) is 4. The highest BCUT2D eigenvalue weighted by Gasteiger charge is 2.38. The molecule has 7 heteroatoms. The molecule has 1 N–H and O–H groups in total. The zero-order valence-corrected chi connectivity index (χ0v) is 12.1. The van der Waals surface area contributed by atoms with Crippen LogP contribution in [0.3, 0.4) is 0 Å². The lowest BCUT2D eigenvalue weighted by atomic mass is 10.1. The quantitative estimate of drug-likeness (QED) is 0.850. The van der Waals surface area contributed by atoms with Crippen molar-refractivity contribution in [1.82, 2.24) is 0 Å². The van der Waals surface area contributed by atoms with Gasteiger partial charge in [-0.15, -0.1) is 0 Å². The first-order chi connectivity index (χ1) is 10.4. The van der Waals surface area contributed by atoms with E-state index in [2.05, 4.69) is 5.32 Å². The first-order valence-corrected chi connectivity index (χ1v) is 7.25. The second-order valence-corrected chi connectivity index (χ2v) is 5.68. The number of carbonyl (C=O) groups excluding carboxylic acids is 1. The monoisotopic (exact) mass is 314 g/mol.